The summed E-state index contributed by atoms with van der Waals surface area (Å²) in [6.07, 6.45) is 0. The third-order valence-corrected chi connectivity index (χ3v) is 12.5. The van der Waals surface area contributed by atoms with Gasteiger partial charge in [0.2, 0.25) is 0 Å². The summed E-state index contributed by atoms with van der Waals surface area (Å²) < 4.78 is 0. The maximum atomic E-state index is 2.42. The van der Waals surface area contributed by atoms with Crippen molar-refractivity contribution in [3.05, 3.63) is 273 Å². The van der Waals surface area contributed by atoms with Crippen LogP contribution in [0.25, 0.3) is 88.7 Å². The van der Waals surface area contributed by atoms with Crippen LogP contribution >= 0.6 is 0 Å². The van der Waals surface area contributed by atoms with Crippen LogP contribution in [0.3, 0.4) is 0 Å². The van der Waals surface area contributed by atoms with E-state index in [4.69, 9.17) is 0 Å². The van der Waals surface area contributed by atoms with Gasteiger partial charge in [-0.3, -0.25) is 0 Å². The molecule has 0 saturated carbocycles. The van der Waals surface area contributed by atoms with Gasteiger partial charge in [-0.2, -0.15) is 0 Å². The molecule has 0 N–H and O–H groups in total. The predicted molar refractivity (Wildman–Crippen MR) is 277 cm³/mol. The van der Waals surface area contributed by atoms with Crippen molar-refractivity contribution < 1.29 is 0 Å². The van der Waals surface area contributed by atoms with Crippen molar-refractivity contribution >= 4 is 27.8 Å². The van der Waals surface area contributed by atoms with E-state index in [0.29, 0.717) is 0 Å². The molecule has 0 aliphatic carbocycles. The van der Waals surface area contributed by atoms with E-state index in [1.807, 2.05) is 0 Å². The summed E-state index contributed by atoms with van der Waals surface area (Å²) in [7, 11) is 0. The molecule has 0 radical (unpaired) electrons. The Morgan fingerprint density at radius 1 is 0.215 bits per heavy atom. The fourth-order valence-electron chi connectivity index (χ4n) is 9.23. The lowest BCUT2D eigenvalue weighted by atomic mass is 9.89. The van der Waals surface area contributed by atoms with Crippen molar-refractivity contribution in [1.82, 2.24) is 0 Å². The van der Waals surface area contributed by atoms with E-state index in [9.17, 15) is 0 Å². The van der Waals surface area contributed by atoms with E-state index in [2.05, 4.69) is 278 Å². The average molecular weight is 828 g/mol. The Hall–Kier alpha value is -8.52. The molecule has 0 atom stereocenters. The number of fused-ring (bicyclic) bond motifs is 1. The smallest absolute Gasteiger partial charge is 0.0540 e. The average Bonchev–Trinajstić information content (AvgIpc) is 3.40. The third-order valence-electron chi connectivity index (χ3n) is 12.5. The zero-order valence-corrected chi connectivity index (χ0v) is 35.9. The zero-order chi connectivity index (χ0) is 43.4. The van der Waals surface area contributed by atoms with Crippen LogP contribution in [0.4, 0.5) is 17.1 Å². The van der Waals surface area contributed by atoms with Crippen molar-refractivity contribution in [3.8, 4) is 77.9 Å². The van der Waals surface area contributed by atoms with Crippen LogP contribution in [-0.4, -0.2) is 0 Å². The Labute approximate surface area is 381 Å². The van der Waals surface area contributed by atoms with Crippen LogP contribution in [-0.2, 0) is 0 Å². The summed E-state index contributed by atoms with van der Waals surface area (Å²) in [5.74, 6) is 0. The summed E-state index contributed by atoms with van der Waals surface area (Å²) in [6, 6.07) is 98.9. The molecule has 1 nitrogen and oxygen atoms in total. The van der Waals surface area contributed by atoms with Crippen LogP contribution in [0.5, 0.6) is 0 Å². The van der Waals surface area contributed by atoms with E-state index in [-0.39, 0.29) is 0 Å². The molecule has 0 heterocycles. The van der Waals surface area contributed by atoms with E-state index in [1.165, 1.54) is 72.0 Å². The molecule has 0 aliphatic rings. The van der Waals surface area contributed by atoms with Gasteiger partial charge in [-0.25, -0.2) is 0 Å². The quantitative estimate of drug-likeness (QED) is 0.133. The predicted octanol–water partition coefficient (Wildman–Crippen LogP) is 18.0. The van der Waals surface area contributed by atoms with Gasteiger partial charge in [-0.15, -0.1) is 0 Å². The highest BCUT2D eigenvalue weighted by atomic mass is 15.1. The summed E-state index contributed by atoms with van der Waals surface area (Å²) in [6.45, 7) is 0. The summed E-state index contributed by atoms with van der Waals surface area (Å²) in [4.78, 5) is 2.42. The van der Waals surface area contributed by atoms with Gasteiger partial charge in [0, 0.05) is 16.9 Å². The lowest BCUT2D eigenvalue weighted by Gasteiger charge is -2.29. The number of anilines is 3. The molecule has 1 heteroatoms. The molecule has 11 aromatic carbocycles. The van der Waals surface area contributed by atoms with Crippen LogP contribution < -0.4 is 4.90 Å². The lowest BCUT2D eigenvalue weighted by Crippen LogP contribution is -2.11. The normalized spacial score (nSPS) is 11.1. The molecule has 0 bridgehead atoms. The van der Waals surface area contributed by atoms with Crippen molar-refractivity contribution in [3.63, 3.8) is 0 Å². The Morgan fingerprint density at radius 3 is 1.12 bits per heavy atom. The molecular formula is C64H45N. The first-order valence-electron chi connectivity index (χ1n) is 22.3. The second-order valence-electron chi connectivity index (χ2n) is 16.5. The Kier molecular flexibility index (Phi) is 10.7. The molecule has 0 amide bonds. The van der Waals surface area contributed by atoms with Crippen molar-refractivity contribution in [2.24, 2.45) is 0 Å². The first kappa shape index (κ1) is 39.3. The monoisotopic (exact) mass is 827 g/mol. The number of nitrogens with zero attached hydrogens (tertiary/aromatic N) is 1. The van der Waals surface area contributed by atoms with Gasteiger partial charge in [0.05, 0.1) is 5.69 Å². The molecule has 65 heavy (non-hydrogen) atoms. The second-order valence-corrected chi connectivity index (χ2v) is 16.5. The fraction of sp³-hybridized carbons (Fsp3) is 0. The highest BCUT2D eigenvalue weighted by molar-refractivity contribution is 6.04. The van der Waals surface area contributed by atoms with Crippen LogP contribution in [0.15, 0.2) is 273 Å². The summed E-state index contributed by atoms with van der Waals surface area (Å²) in [5, 5.41) is 2.48. The van der Waals surface area contributed by atoms with Crippen molar-refractivity contribution in [1.29, 1.82) is 0 Å². The molecule has 0 fully saturated rings. The van der Waals surface area contributed by atoms with E-state index < -0.39 is 0 Å². The van der Waals surface area contributed by atoms with Gasteiger partial charge in [-0.1, -0.05) is 218 Å². The minimum atomic E-state index is 1.07. The molecule has 0 saturated heterocycles. The van der Waals surface area contributed by atoms with E-state index in [0.717, 1.165) is 33.8 Å². The molecule has 0 unspecified atom stereocenters. The van der Waals surface area contributed by atoms with Gasteiger partial charge in [0.1, 0.15) is 0 Å². The molecule has 306 valence electrons. The second kappa shape index (κ2) is 17.7. The molecule has 11 rings (SSSR count). The molecule has 0 spiro atoms. The number of hydrogen-bond donors (Lipinski definition) is 0. The number of benzene rings is 11. The zero-order valence-electron chi connectivity index (χ0n) is 35.9. The maximum absolute atomic E-state index is 2.42. The van der Waals surface area contributed by atoms with Gasteiger partial charge >= 0.3 is 0 Å². The van der Waals surface area contributed by atoms with Crippen LogP contribution in [0.1, 0.15) is 0 Å². The van der Waals surface area contributed by atoms with E-state index in [1.54, 1.807) is 0 Å². The topological polar surface area (TPSA) is 3.24 Å². The molecule has 11 aromatic rings. The summed E-state index contributed by atoms with van der Waals surface area (Å²) in [5.41, 5.74) is 19.9. The molecule has 0 aromatic heterocycles. The van der Waals surface area contributed by atoms with E-state index >= 15 is 0 Å². The van der Waals surface area contributed by atoms with Crippen LogP contribution in [0, 0.1) is 0 Å². The van der Waals surface area contributed by atoms with Crippen molar-refractivity contribution in [2.75, 3.05) is 4.90 Å². The molecular weight excluding hydrogens is 783 g/mol. The fourth-order valence-corrected chi connectivity index (χ4v) is 9.23. The van der Waals surface area contributed by atoms with Crippen molar-refractivity contribution in [2.45, 2.75) is 0 Å². The Bertz CT molecular complexity index is 3300. The first-order valence-corrected chi connectivity index (χ1v) is 22.3. The van der Waals surface area contributed by atoms with Gasteiger partial charge < -0.3 is 4.90 Å². The number of hydrogen-bond acceptors (Lipinski definition) is 1. The maximum Gasteiger partial charge on any atom is 0.0540 e. The largest absolute Gasteiger partial charge is 0.310 e. The highest BCUT2D eigenvalue weighted by Gasteiger charge is 2.20. The lowest BCUT2D eigenvalue weighted by molar-refractivity contribution is 1.28. The highest BCUT2D eigenvalue weighted by Crippen LogP contribution is 2.45. The minimum Gasteiger partial charge on any atom is -0.310 e. The van der Waals surface area contributed by atoms with Gasteiger partial charge in [-0.05, 0) is 138 Å². The SMILES string of the molecule is c1ccc(-c2cc(-c3ccccc3)cc(-c3ccc(N(c4ccc(-c5ccc6ccccc6c5-c5ccccc5)cc4)c4ccc(-c5ccccc5)cc4-c4ccccc4)cc3)c2)cc1. The van der Waals surface area contributed by atoms with Gasteiger partial charge in [0.25, 0.3) is 0 Å². The number of rotatable bonds is 10. The minimum absolute atomic E-state index is 1.07. The van der Waals surface area contributed by atoms with Gasteiger partial charge in [0.15, 0.2) is 0 Å². The third kappa shape index (κ3) is 8.04. The van der Waals surface area contributed by atoms with Crippen LogP contribution in [0.2, 0.25) is 0 Å². The standard InChI is InChI=1S/C64H45N/c1-6-18-46(19-7-1)54-35-41-63(62(45-54)50-24-12-4-13-25-50)65(59-38-32-52(33-39-59)61-40-34-51-26-16-17-29-60(51)64(61)53-27-14-5-15-28-53)58-36-30-49(31-37-58)57-43-55(47-20-8-2-9-21-47)42-56(44-57)48-22-10-3-11-23-48/h1-45H. The first-order chi connectivity index (χ1) is 32.2. The Morgan fingerprint density at radius 2 is 0.600 bits per heavy atom. The Balaban J connectivity index is 1.06. The molecule has 0 aliphatic heterocycles. The summed E-state index contributed by atoms with van der Waals surface area (Å²) >= 11 is 0.